The summed E-state index contributed by atoms with van der Waals surface area (Å²) in [7, 11) is 0. The monoisotopic (exact) mass is 417 g/mol. The van der Waals surface area contributed by atoms with Gasteiger partial charge in [0.2, 0.25) is 11.1 Å². The maximum atomic E-state index is 12.4. The number of aryl methyl sites for hydroxylation is 1. The van der Waals surface area contributed by atoms with Crippen LogP contribution in [0.1, 0.15) is 69.3 Å². The van der Waals surface area contributed by atoms with Crippen LogP contribution < -0.4 is 15.9 Å². The zero-order valence-corrected chi connectivity index (χ0v) is 18.5. The van der Waals surface area contributed by atoms with Crippen molar-refractivity contribution in [1.29, 1.82) is 0 Å². The Bertz CT molecular complexity index is 846. The van der Waals surface area contributed by atoms with Gasteiger partial charge in [-0.05, 0) is 49.8 Å². The van der Waals surface area contributed by atoms with E-state index in [0.717, 1.165) is 29.7 Å². The van der Waals surface area contributed by atoms with E-state index >= 15 is 0 Å². The van der Waals surface area contributed by atoms with Gasteiger partial charge in [0.25, 0.3) is 0 Å². The molecule has 8 heteroatoms. The first-order chi connectivity index (χ1) is 13.8. The molecule has 1 aromatic heterocycles. The molecule has 7 nitrogen and oxygen atoms in total. The lowest BCUT2D eigenvalue weighted by atomic mass is 10.0. The Kier molecular flexibility index (Phi) is 7.05. The van der Waals surface area contributed by atoms with Gasteiger partial charge in [0.1, 0.15) is 12.4 Å². The molecule has 0 bridgehead atoms. The zero-order valence-electron chi connectivity index (χ0n) is 17.6. The van der Waals surface area contributed by atoms with Crippen LogP contribution in [0.3, 0.4) is 0 Å². The van der Waals surface area contributed by atoms with Gasteiger partial charge in [-0.3, -0.25) is 4.79 Å². The van der Waals surface area contributed by atoms with Gasteiger partial charge >= 0.3 is 0 Å². The molecule has 1 aliphatic rings. The number of nitrogen functional groups attached to an aromatic ring is 1. The fourth-order valence-electron chi connectivity index (χ4n) is 3.47. The van der Waals surface area contributed by atoms with Crippen molar-refractivity contribution in [2.75, 3.05) is 5.84 Å². The van der Waals surface area contributed by atoms with Crippen LogP contribution in [0.25, 0.3) is 0 Å². The van der Waals surface area contributed by atoms with Gasteiger partial charge in [-0.15, -0.1) is 10.2 Å². The highest BCUT2D eigenvalue weighted by Crippen LogP contribution is 2.28. The topological polar surface area (TPSA) is 95.1 Å². The molecule has 1 heterocycles. The molecule has 1 aliphatic carbocycles. The van der Waals surface area contributed by atoms with Crippen molar-refractivity contribution in [3.8, 4) is 5.75 Å². The second kappa shape index (κ2) is 9.52. The van der Waals surface area contributed by atoms with E-state index in [1.807, 2.05) is 19.9 Å². The third-order valence-corrected chi connectivity index (χ3v) is 6.29. The van der Waals surface area contributed by atoms with Crippen molar-refractivity contribution < 1.29 is 9.53 Å². The van der Waals surface area contributed by atoms with Crippen LogP contribution >= 0.6 is 11.8 Å². The molecule has 1 saturated carbocycles. The van der Waals surface area contributed by atoms with E-state index in [4.69, 9.17) is 10.6 Å². The third kappa shape index (κ3) is 5.44. The van der Waals surface area contributed by atoms with Crippen molar-refractivity contribution in [1.82, 2.24) is 20.2 Å². The van der Waals surface area contributed by atoms with Gasteiger partial charge in [0.05, 0.1) is 5.25 Å². The summed E-state index contributed by atoms with van der Waals surface area (Å²) in [5.41, 5.74) is 2.28. The van der Waals surface area contributed by atoms with Crippen molar-refractivity contribution >= 4 is 17.7 Å². The number of thioether (sulfide) groups is 1. The maximum Gasteiger partial charge on any atom is 0.233 e. The molecule has 0 radical (unpaired) electrons. The van der Waals surface area contributed by atoms with Gasteiger partial charge in [0, 0.05) is 6.04 Å². The number of ether oxygens (including phenoxy) is 1. The molecule has 0 unspecified atom stereocenters. The molecule has 3 rings (SSSR count). The van der Waals surface area contributed by atoms with Gasteiger partial charge in [-0.25, -0.2) is 4.68 Å². The van der Waals surface area contributed by atoms with Crippen LogP contribution in [0, 0.1) is 6.92 Å². The Morgan fingerprint density at radius 3 is 2.72 bits per heavy atom. The predicted molar refractivity (Wildman–Crippen MR) is 115 cm³/mol. The number of nitrogens with one attached hydrogen (secondary N) is 1. The average molecular weight is 418 g/mol. The molecule has 3 N–H and O–H groups in total. The predicted octanol–water partition coefficient (Wildman–Crippen LogP) is 3.54. The average Bonchev–Trinajstić information content (AvgIpc) is 3.30. The van der Waals surface area contributed by atoms with E-state index in [1.165, 1.54) is 29.3 Å². The lowest BCUT2D eigenvalue weighted by molar-refractivity contribution is -0.120. The third-order valence-electron chi connectivity index (χ3n) is 5.24. The minimum atomic E-state index is -0.291. The lowest BCUT2D eigenvalue weighted by Crippen LogP contribution is -2.37. The maximum absolute atomic E-state index is 12.4. The zero-order chi connectivity index (χ0) is 21.0. The molecule has 0 saturated heterocycles. The van der Waals surface area contributed by atoms with Gasteiger partial charge in [0.15, 0.2) is 5.82 Å². The van der Waals surface area contributed by atoms with E-state index in [1.54, 1.807) is 0 Å². The Balaban J connectivity index is 1.61. The molecule has 0 spiro atoms. The first-order valence-electron chi connectivity index (χ1n) is 10.2. The number of carbonyl (C=O) groups excluding carboxylic acids is 1. The Labute approximate surface area is 176 Å². The fraction of sp³-hybridized carbons (Fsp3) is 0.571. The molecule has 1 aromatic carbocycles. The number of hydrogen-bond donors (Lipinski definition) is 2. The number of benzene rings is 1. The van der Waals surface area contributed by atoms with Crippen molar-refractivity contribution in [3.63, 3.8) is 0 Å². The quantitative estimate of drug-likeness (QED) is 0.504. The van der Waals surface area contributed by atoms with Gasteiger partial charge in [-0.1, -0.05) is 50.6 Å². The van der Waals surface area contributed by atoms with Crippen LogP contribution in [-0.4, -0.2) is 32.1 Å². The second-order valence-electron chi connectivity index (χ2n) is 8.00. The van der Waals surface area contributed by atoms with Crippen LogP contribution in [0.4, 0.5) is 0 Å². The van der Waals surface area contributed by atoms with Crippen molar-refractivity contribution in [3.05, 3.63) is 35.2 Å². The summed E-state index contributed by atoms with van der Waals surface area (Å²) in [5, 5.41) is 11.6. The molecule has 1 atom stereocenters. The summed E-state index contributed by atoms with van der Waals surface area (Å²) >= 11 is 1.31. The number of amides is 1. The first kappa shape index (κ1) is 21.5. The molecule has 2 aromatic rings. The minimum Gasteiger partial charge on any atom is -0.485 e. The molecule has 1 amide bonds. The highest BCUT2D eigenvalue weighted by molar-refractivity contribution is 8.00. The number of nitrogens with two attached hydrogens (primary N) is 1. The summed E-state index contributed by atoms with van der Waals surface area (Å²) in [6.07, 6.45) is 4.50. The van der Waals surface area contributed by atoms with Crippen LogP contribution in [-0.2, 0) is 11.4 Å². The normalized spacial score (nSPS) is 15.6. The Morgan fingerprint density at radius 2 is 2.03 bits per heavy atom. The van der Waals surface area contributed by atoms with E-state index in [-0.39, 0.29) is 17.8 Å². The Hall–Kier alpha value is -2.22. The van der Waals surface area contributed by atoms with Gasteiger partial charge in [-0.2, -0.15) is 0 Å². The van der Waals surface area contributed by atoms with E-state index in [9.17, 15) is 4.79 Å². The van der Waals surface area contributed by atoms with Crippen molar-refractivity contribution in [2.45, 2.75) is 82.4 Å². The summed E-state index contributed by atoms with van der Waals surface area (Å²) in [6, 6.07) is 6.50. The molecular formula is C21H31N5O2S. The molecule has 29 heavy (non-hydrogen) atoms. The van der Waals surface area contributed by atoms with E-state index in [0.29, 0.717) is 22.9 Å². The number of aromatic nitrogens is 3. The minimum absolute atomic E-state index is 0.0176. The van der Waals surface area contributed by atoms with E-state index < -0.39 is 0 Å². The number of carbonyl (C=O) groups is 1. The summed E-state index contributed by atoms with van der Waals surface area (Å²) in [4.78, 5) is 12.4. The van der Waals surface area contributed by atoms with Crippen LogP contribution in [0.5, 0.6) is 5.75 Å². The number of rotatable bonds is 8. The van der Waals surface area contributed by atoms with Gasteiger partial charge < -0.3 is 15.9 Å². The smallest absolute Gasteiger partial charge is 0.233 e. The first-order valence-corrected chi connectivity index (χ1v) is 11.1. The SMILES string of the molecule is Cc1ccc(C(C)C)c(OCc2nnc(S[C@H](C)C(=O)NC3CCCC3)n2N)c1. The van der Waals surface area contributed by atoms with Crippen LogP contribution in [0.2, 0.25) is 0 Å². The van der Waals surface area contributed by atoms with E-state index in [2.05, 4.69) is 41.5 Å². The lowest BCUT2D eigenvalue weighted by Gasteiger charge is -2.16. The number of hydrogen-bond acceptors (Lipinski definition) is 6. The number of nitrogens with zero attached hydrogens (tertiary/aromatic N) is 3. The summed E-state index contributed by atoms with van der Waals surface area (Å²) < 4.78 is 7.42. The largest absolute Gasteiger partial charge is 0.485 e. The van der Waals surface area contributed by atoms with Crippen LogP contribution in [0.15, 0.2) is 23.4 Å². The molecule has 1 fully saturated rings. The molecule has 158 valence electrons. The highest BCUT2D eigenvalue weighted by atomic mass is 32.2. The molecule has 0 aliphatic heterocycles. The summed E-state index contributed by atoms with van der Waals surface area (Å²) in [5.74, 6) is 7.89. The second-order valence-corrected chi connectivity index (χ2v) is 9.31. The highest BCUT2D eigenvalue weighted by Gasteiger charge is 2.23. The standard InChI is InChI=1S/C21H31N5O2S/c1-13(2)17-10-9-14(3)11-18(17)28-12-19-24-25-21(26(19)22)29-15(4)20(27)23-16-7-5-6-8-16/h9-11,13,15-16H,5-8,12,22H2,1-4H3,(H,23,27)/t15-/m1/s1. The summed E-state index contributed by atoms with van der Waals surface area (Å²) in [6.45, 7) is 8.39. The Morgan fingerprint density at radius 1 is 1.31 bits per heavy atom. The fourth-order valence-corrected chi connectivity index (χ4v) is 4.27. The molecular weight excluding hydrogens is 386 g/mol. The van der Waals surface area contributed by atoms with Crippen molar-refractivity contribution in [2.24, 2.45) is 0 Å².